The van der Waals surface area contributed by atoms with E-state index in [1.54, 1.807) is 18.2 Å². The Morgan fingerprint density at radius 2 is 2.14 bits per heavy atom. The van der Waals surface area contributed by atoms with Gasteiger partial charge in [-0.3, -0.25) is 0 Å². The van der Waals surface area contributed by atoms with E-state index in [2.05, 4.69) is 9.97 Å². The molecule has 3 unspecified atom stereocenters. The molecule has 2 aliphatic rings. The molecule has 1 heterocycles. The Labute approximate surface area is 123 Å². The number of nitrogens with two attached hydrogens (primary N) is 1. The van der Waals surface area contributed by atoms with E-state index < -0.39 is 9.84 Å². The van der Waals surface area contributed by atoms with E-state index in [1.807, 2.05) is 0 Å². The predicted octanol–water partition coefficient (Wildman–Crippen LogP) is 2.35. The zero-order valence-electron chi connectivity index (χ0n) is 11.7. The number of rotatable bonds is 3. The summed E-state index contributed by atoms with van der Waals surface area (Å²) in [5, 5.41) is 0.0888. The quantitative estimate of drug-likeness (QED) is 0.852. The van der Waals surface area contributed by atoms with Gasteiger partial charge in [0.25, 0.3) is 0 Å². The molecule has 2 fully saturated rings. The number of nitrogens with one attached hydrogen (secondary N) is 1. The first-order valence-electron chi connectivity index (χ1n) is 7.49. The molecule has 4 rings (SSSR count). The third kappa shape index (κ3) is 2.21. The Kier molecular flexibility index (Phi) is 2.79. The number of hydrogen-bond donors (Lipinski definition) is 2. The van der Waals surface area contributed by atoms with Gasteiger partial charge in [-0.05, 0) is 55.2 Å². The summed E-state index contributed by atoms with van der Waals surface area (Å²) in [4.78, 5) is 7.15. The fraction of sp³-hybridized carbons (Fsp3) is 0.533. The van der Waals surface area contributed by atoms with Crippen molar-refractivity contribution >= 4 is 26.6 Å². The van der Waals surface area contributed by atoms with Crippen LogP contribution in [0.25, 0.3) is 11.0 Å². The molecule has 3 N–H and O–H groups in total. The topological polar surface area (TPSA) is 88.8 Å². The molecule has 1 aromatic carbocycles. The lowest BCUT2D eigenvalue weighted by Gasteiger charge is -2.20. The Morgan fingerprint density at radius 3 is 2.86 bits per heavy atom. The average molecular weight is 305 g/mol. The number of nitrogen functional groups attached to an aromatic ring is 1. The smallest absolute Gasteiger partial charge is 0.226 e. The van der Waals surface area contributed by atoms with Gasteiger partial charge in [-0.25, -0.2) is 13.4 Å². The van der Waals surface area contributed by atoms with Gasteiger partial charge < -0.3 is 10.7 Å². The molecular formula is C15H19N3O2S. The van der Waals surface area contributed by atoms with Gasteiger partial charge in [-0.15, -0.1) is 0 Å². The van der Waals surface area contributed by atoms with Crippen molar-refractivity contribution in [1.82, 2.24) is 9.97 Å². The minimum absolute atomic E-state index is 0.0888. The Balaban J connectivity index is 1.63. The van der Waals surface area contributed by atoms with Gasteiger partial charge in [0.15, 0.2) is 0 Å². The summed E-state index contributed by atoms with van der Waals surface area (Å²) in [7, 11) is -3.35. The van der Waals surface area contributed by atoms with Crippen LogP contribution in [0.1, 0.15) is 25.7 Å². The van der Waals surface area contributed by atoms with E-state index in [0.29, 0.717) is 28.6 Å². The zero-order valence-corrected chi connectivity index (χ0v) is 12.6. The van der Waals surface area contributed by atoms with E-state index in [9.17, 15) is 8.42 Å². The number of aromatic amines is 1. The second kappa shape index (κ2) is 4.47. The third-order valence-corrected chi connectivity index (χ3v) is 6.75. The largest absolute Gasteiger partial charge is 0.399 e. The molecule has 2 aromatic rings. The number of imidazole rings is 1. The lowest BCUT2D eigenvalue weighted by Crippen LogP contribution is -2.22. The summed E-state index contributed by atoms with van der Waals surface area (Å²) >= 11 is 0. The molecule has 0 spiro atoms. The molecular weight excluding hydrogens is 286 g/mol. The maximum atomic E-state index is 12.6. The van der Waals surface area contributed by atoms with Crippen LogP contribution in [0.5, 0.6) is 0 Å². The van der Waals surface area contributed by atoms with Crippen LogP contribution in [-0.2, 0) is 9.84 Å². The summed E-state index contributed by atoms with van der Waals surface area (Å²) in [6.07, 6.45) is 4.76. The molecule has 0 amide bonds. The number of hydrogen-bond acceptors (Lipinski definition) is 4. The molecule has 1 aromatic heterocycles. The molecule has 21 heavy (non-hydrogen) atoms. The van der Waals surface area contributed by atoms with Gasteiger partial charge in [0.05, 0.1) is 16.8 Å². The summed E-state index contributed by atoms with van der Waals surface area (Å²) in [6.45, 7) is 0. The molecule has 2 bridgehead atoms. The van der Waals surface area contributed by atoms with Crippen LogP contribution in [0.4, 0.5) is 5.69 Å². The van der Waals surface area contributed by atoms with Crippen molar-refractivity contribution < 1.29 is 8.42 Å². The minimum atomic E-state index is -3.35. The number of anilines is 1. The number of aromatic nitrogens is 2. The fourth-order valence-electron chi connectivity index (χ4n) is 4.09. The number of sulfone groups is 1. The maximum Gasteiger partial charge on any atom is 0.226 e. The Morgan fingerprint density at radius 1 is 1.29 bits per heavy atom. The molecule has 3 atom stereocenters. The average Bonchev–Trinajstić information content (AvgIpc) is 3.11. The highest BCUT2D eigenvalue weighted by atomic mass is 32.2. The second-order valence-electron chi connectivity index (χ2n) is 6.53. The van der Waals surface area contributed by atoms with Crippen molar-refractivity contribution in [2.45, 2.75) is 30.8 Å². The van der Waals surface area contributed by atoms with Crippen molar-refractivity contribution in [3.63, 3.8) is 0 Å². The highest BCUT2D eigenvalue weighted by Crippen LogP contribution is 2.48. The molecule has 2 aliphatic carbocycles. The first-order chi connectivity index (χ1) is 10.0. The van der Waals surface area contributed by atoms with Gasteiger partial charge in [-0.1, -0.05) is 6.42 Å². The van der Waals surface area contributed by atoms with E-state index in [-0.39, 0.29) is 10.9 Å². The Bertz CT molecular complexity index is 796. The van der Waals surface area contributed by atoms with Crippen LogP contribution < -0.4 is 5.73 Å². The van der Waals surface area contributed by atoms with E-state index in [1.165, 1.54) is 19.3 Å². The molecule has 0 radical (unpaired) electrons. The van der Waals surface area contributed by atoms with Crippen LogP contribution in [0.3, 0.4) is 0 Å². The van der Waals surface area contributed by atoms with Gasteiger partial charge in [0.1, 0.15) is 0 Å². The summed E-state index contributed by atoms with van der Waals surface area (Å²) in [6, 6.07) is 5.20. The van der Waals surface area contributed by atoms with Crippen molar-refractivity contribution in [2.75, 3.05) is 11.5 Å². The number of benzene rings is 1. The minimum Gasteiger partial charge on any atom is -0.399 e. The van der Waals surface area contributed by atoms with Crippen molar-refractivity contribution in [3.8, 4) is 0 Å². The Hall–Kier alpha value is -1.56. The summed E-state index contributed by atoms with van der Waals surface area (Å²) < 4.78 is 25.2. The van der Waals surface area contributed by atoms with Gasteiger partial charge in [-0.2, -0.15) is 0 Å². The van der Waals surface area contributed by atoms with Crippen LogP contribution >= 0.6 is 0 Å². The van der Waals surface area contributed by atoms with Crippen LogP contribution in [-0.4, -0.2) is 24.1 Å². The summed E-state index contributed by atoms with van der Waals surface area (Å²) in [5.41, 5.74) is 7.65. The summed E-state index contributed by atoms with van der Waals surface area (Å²) in [5.74, 6) is 1.89. The molecule has 5 nitrogen and oxygen atoms in total. The zero-order chi connectivity index (χ0) is 14.6. The lowest BCUT2D eigenvalue weighted by atomic mass is 9.90. The number of nitrogens with zero attached hydrogens (tertiary/aromatic N) is 1. The number of H-pyrrole nitrogens is 1. The van der Waals surface area contributed by atoms with Crippen molar-refractivity contribution in [2.24, 2.45) is 17.8 Å². The molecule has 112 valence electrons. The van der Waals surface area contributed by atoms with Crippen molar-refractivity contribution in [3.05, 3.63) is 18.2 Å². The van der Waals surface area contributed by atoms with Gasteiger partial charge in [0.2, 0.25) is 15.0 Å². The highest BCUT2D eigenvalue weighted by Gasteiger charge is 2.41. The van der Waals surface area contributed by atoms with Crippen LogP contribution in [0, 0.1) is 17.8 Å². The van der Waals surface area contributed by atoms with E-state index in [4.69, 9.17) is 5.73 Å². The molecule has 0 aliphatic heterocycles. The standard InChI is InChI=1S/C15H19N3O2S/c16-12-3-4-13-14(7-12)18-15(17-13)21(19,20)8-11-6-9-1-2-10(11)5-9/h3-4,7,9-11H,1-2,5-6,8,16H2,(H,17,18). The van der Waals surface area contributed by atoms with Gasteiger partial charge in [0, 0.05) is 5.69 Å². The van der Waals surface area contributed by atoms with Crippen LogP contribution in [0.15, 0.2) is 23.4 Å². The molecule has 6 heteroatoms. The maximum absolute atomic E-state index is 12.6. The second-order valence-corrected chi connectivity index (χ2v) is 8.48. The first kappa shape index (κ1) is 13.1. The lowest BCUT2D eigenvalue weighted by molar-refractivity contribution is 0.360. The number of fused-ring (bicyclic) bond motifs is 3. The molecule has 0 saturated heterocycles. The fourth-order valence-corrected chi connectivity index (χ4v) is 5.73. The predicted molar refractivity (Wildman–Crippen MR) is 81.5 cm³/mol. The van der Waals surface area contributed by atoms with Crippen LogP contribution in [0.2, 0.25) is 0 Å². The first-order valence-corrected chi connectivity index (χ1v) is 9.14. The SMILES string of the molecule is Nc1ccc2nc(S(=O)(=O)CC3CC4CCC3C4)[nH]c2c1. The highest BCUT2D eigenvalue weighted by molar-refractivity contribution is 7.91. The van der Waals surface area contributed by atoms with E-state index in [0.717, 1.165) is 12.3 Å². The normalized spacial score (nSPS) is 28.5. The third-order valence-electron chi connectivity index (χ3n) is 5.10. The molecule has 2 saturated carbocycles. The van der Waals surface area contributed by atoms with Crippen molar-refractivity contribution in [1.29, 1.82) is 0 Å². The monoisotopic (exact) mass is 305 g/mol. The van der Waals surface area contributed by atoms with E-state index >= 15 is 0 Å². The van der Waals surface area contributed by atoms with Gasteiger partial charge >= 0.3 is 0 Å².